The number of hydrogen-bond acceptors (Lipinski definition) is 7. The van der Waals surface area contributed by atoms with Gasteiger partial charge in [0.25, 0.3) is 5.56 Å². The summed E-state index contributed by atoms with van der Waals surface area (Å²) in [5.74, 6) is -1.61. The Morgan fingerprint density at radius 3 is 2.57 bits per heavy atom. The van der Waals surface area contributed by atoms with Gasteiger partial charge in [0, 0.05) is 17.6 Å². The van der Waals surface area contributed by atoms with Crippen LogP contribution >= 0.6 is 0 Å². The summed E-state index contributed by atoms with van der Waals surface area (Å²) in [5, 5.41) is 11.0. The number of nitrogens with zero attached hydrogens (tertiary/aromatic N) is 2. The first kappa shape index (κ1) is 24.9. The van der Waals surface area contributed by atoms with Gasteiger partial charge >= 0.3 is 0 Å². The van der Waals surface area contributed by atoms with E-state index in [4.69, 9.17) is 0 Å². The molecule has 3 aromatic rings. The molecule has 0 radical (unpaired) electrons. The van der Waals surface area contributed by atoms with E-state index in [2.05, 4.69) is 9.71 Å². The van der Waals surface area contributed by atoms with Crippen molar-refractivity contribution in [2.75, 3.05) is 16.7 Å². The molecule has 0 fully saturated rings. The molecule has 0 amide bonds. The molecule has 35 heavy (non-hydrogen) atoms. The highest BCUT2D eigenvalue weighted by atomic mass is 32.2. The molecule has 1 aromatic heterocycles. The van der Waals surface area contributed by atoms with E-state index in [1.807, 2.05) is 13.8 Å². The number of sulfonamides is 1. The molecule has 2 aromatic carbocycles. The number of anilines is 1. The number of hydrogen-bond donors (Lipinski definition) is 2. The Morgan fingerprint density at radius 1 is 1.20 bits per heavy atom. The van der Waals surface area contributed by atoms with E-state index in [0.29, 0.717) is 11.9 Å². The van der Waals surface area contributed by atoms with Crippen LogP contribution in [0.3, 0.4) is 0 Å². The maximum Gasteiger partial charge on any atom is 0.263 e. The van der Waals surface area contributed by atoms with Crippen molar-refractivity contribution in [2.24, 2.45) is 10.9 Å². The van der Waals surface area contributed by atoms with Gasteiger partial charge in [0.15, 0.2) is 9.84 Å². The third kappa shape index (κ3) is 4.94. The standard InChI is InChI=1S/C23H24FN3O6S2/c1-13(2)8-9-27-19-7-4-14(24)10-16(19)22(28)21(23(27)29)18-12-35(32,33)20-11-15(26-34(3,30)31)5-6-17(20)25-18/h4-7,10-11,13,26,28H,8-9,12H2,1-3H3. The molecule has 2 N–H and O–H groups in total. The van der Waals surface area contributed by atoms with Crippen LogP contribution in [0.25, 0.3) is 10.9 Å². The Hall–Kier alpha value is -3.25. The van der Waals surface area contributed by atoms with Crippen LogP contribution in [0.2, 0.25) is 0 Å². The summed E-state index contributed by atoms with van der Waals surface area (Å²) in [6, 6.07) is 7.50. The molecule has 186 valence electrons. The normalized spacial score (nSPS) is 15.2. The van der Waals surface area contributed by atoms with Crippen molar-refractivity contribution >= 4 is 47.8 Å². The van der Waals surface area contributed by atoms with Crippen LogP contribution < -0.4 is 10.3 Å². The molecule has 2 heterocycles. The van der Waals surface area contributed by atoms with Crippen molar-refractivity contribution in [1.82, 2.24) is 4.57 Å². The summed E-state index contributed by atoms with van der Waals surface area (Å²) in [5.41, 5.74) is -0.733. The molecule has 0 saturated heterocycles. The van der Waals surface area contributed by atoms with E-state index in [9.17, 15) is 31.1 Å². The average molecular weight is 522 g/mol. The van der Waals surface area contributed by atoms with Crippen LogP contribution in [0.4, 0.5) is 15.8 Å². The van der Waals surface area contributed by atoms with Crippen LogP contribution in [-0.2, 0) is 26.4 Å². The van der Waals surface area contributed by atoms with E-state index in [0.717, 1.165) is 18.4 Å². The summed E-state index contributed by atoms with van der Waals surface area (Å²) in [6.07, 6.45) is 1.56. The number of pyridine rings is 1. The molecule has 9 nitrogen and oxygen atoms in total. The minimum Gasteiger partial charge on any atom is -0.506 e. The highest BCUT2D eigenvalue weighted by molar-refractivity contribution is 7.92. The van der Waals surface area contributed by atoms with Crippen LogP contribution in [0.1, 0.15) is 25.8 Å². The predicted octanol–water partition coefficient (Wildman–Crippen LogP) is 3.17. The first-order chi connectivity index (χ1) is 16.3. The lowest BCUT2D eigenvalue weighted by atomic mass is 10.1. The topological polar surface area (TPSA) is 135 Å². The number of sulfone groups is 1. The Morgan fingerprint density at radius 2 is 1.91 bits per heavy atom. The smallest absolute Gasteiger partial charge is 0.263 e. The van der Waals surface area contributed by atoms with E-state index in [-0.39, 0.29) is 45.4 Å². The largest absolute Gasteiger partial charge is 0.506 e. The van der Waals surface area contributed by atoms with Crippen molar-refractivity contribution in [2.45, 2.75) is 31.7 Å². The lowest BCUT2D eigenvalue weighted by molar-refractivity contribution is 0.473. The summed E-state index contributed by atoms with van der Waals surface area (Å²) in [4.78, 5) is 17.6. The van der Waals surface area contributed by atoms with E-state index in [1.165, 1.54) is 28.8 Å². The zero-order valence-corrected chi connectivity index (χ0v) is 20.9. The van der Waals surface area contributed by atoms with Gasteiger partial charge in [0.05, 0.1) is 33.8 Å². The zero-order valence-electron chi connectivity index (χ0n) is 19.2. The second-order valence-electron chi connectivity index (χ2n) is 8.90. The molecular formula is C23H24FN3O6S2. The number of rotatable bonds is 6. The highest BCUT2D eigenvalue weighted by Gasteiger charge is 2.31. The second-order valence-corrected chi connectivity index (χ2v) is 12.6. The molecule has 12 heteroatoms. The lowest BCUT2D eigenvalue weighted by Crippen LogP contribution is -2.32. The van der Waals surface area contributed by atoms with Gasteiger partial charge in [-0.3, -0.25) is 14.5 Å². The van der Waals surface area contributed by atoms with Crippen LogP contribution in [0.5, 0.6) is 5.75 Å². The molecule has 4 rings (SSSR count). The Bertz CT molecular complexity index is 1660. The SMILES string of the molecule is CC(C)CCn1c(=O)c(C2=Nc3ccc(NS(C)(=O)=O)cc3S(=O)(=O)C2)c(O)c2cc(F)ccc21. The number of benzene rings is 2. The third-order valence-corrected chi connectivity index (χ3v) is 7.86. The third-order valence-electron chi connectivity index (χ3n) is 5.60. The lowest BCUT2D eigenvalue weighted by Gasteiger charge is -2.20. The molecule has 0 saturated carbocycles. The van der Waals surface area contributed by atoms with Gasteiger partial charge in [0.1, 0.15) is 17.1 Å². The van der Waals surface area contributed by atoms with E-state index in [1.54, 1.807) is 0 Å². The van der Waals surface area contributed by atoms with Crippen molar-refractivity contribution in [3.63, 3.8) is 0 Å². The van der Waals surface area contributed by atoms with Gasteiger partial charge < -0.3 is 9.67 Å². The Balaban J connectivity index is 1.95. The molecule has 1 aliphatic rings. The maximum absolute atomic E-state index is 14.0. The monoisotopic (exact) mass is 521 g/mol. The Kier molecular flexibility index (Phi) is 6.22. The molecule has 0 spiro atoms. The van der Waals surface area contributed by atoms with E-state index < -0.39 is 42.7 Å². The fraction of sp³-hybridized carbons (Fsp3) is 0.304. The maximum atomic E-state index is 14.0. The molecule has 0 bridgehead atoms. The first-order valence-electron chi connectivity index (χ1n) is 10.7. The van der Waals surface area contributed by atoms with Gasteiger partial charge in [-0.25, -0.2) is 21.2 Å². The first-order valence-corrected chi connectivity index (χ1v) is 14.3. The van der Waals surface area contributed by atoms with Gasteiger partial charge in [0.2, 0.25) is 10.0 Å². The number of aliphatic imine (C=N–C) groups is 1. The quantitative estimate of drug-likeness (QED) is 0.512. The number of aromatic nitrogens is 1. The number of aromatic hydroxyl groups is 1. The molecular weight excluding hydrogens is 497 g/mol. The fourth-order valence-electron chi connectivity index (χ4n) is 3.98. The minimum atomic E-state index is -4.05. The molecule has 0 aliphatic carbocycles. The predicted molar refractivity (Wildman–Crippen MR) is 132 cm³/mol. The van der Waals surface area contributed by atoms with Crippen molar-refractivity contribution in [3.05, 3.63) is 58.1 Å². The summed E-state index contributed by atoms with van der Waals surface area (Å²) >= 11 is 0. The van der Waals surface area contributed by atoms with Crippen molar-refractivity contribution in [3.8, 4) is 5.75 Å². The van der Waals surface area contributed by atoms with Crippen molar-refractivity contribution in [1.29, 1.82) is 0 Å². The Labute approximate surface area is 201 Å². The summed E-state index contributed by atoms with van der Waals surface area (Å²) in [6.45, 7) is 4.24. The highest BCUT2D eigenvalue weighted by Crippen LogP contribution is 2.36. The second kappa shape index (κ2) is 8.76. The number of halogens is 1. The number of aryl methyl sites for hydroxylation is 1. The number of fused-ring (bicyclic) bond motifs is 2. The van der Waals surface area contributed by atoms with Gasteiger partial charge in [-0.15, -0.1) is 0 Å². The van der Waals surface area contributed by atoms with Crippen LogP contribution in [0, 0.1) is 11.7 Å². The van der Waals surface area contributed by atoms with Crippen LogP contribution in [-0.4, -0.2) is 44.2 Å². The van der Waals surface area contributed by atoms with Gasteiger partial charge in [-0.05, 0) is 48.7 Å². The molecule has 0 unspecified atom stereocenters. The molecule has 0 atom stereocenters. The fourth-order valence-corrected chi connectivity index (χ4v) is 6.00. The van der Waals surface area contributed by atoms with Crippen molar-refractivity contribution < 1.29 is 26.3 Å². The summed E-state index contributed by atoms with van der Waals surface area (Å²) in [7, 11) is -7.69. The zero-order chi connectivity index (χ0) is 25.7. The summed E-state index contributed by atoms with van der Waals surface area (Å²) < 4.78 is 66.9. The minimum absolute atomic E-state index is 0.00262. The van der Waals surface area contributed by atoms with Gasteiger partial charge in [-0.1, -0.05) is 13.8 Å². The van der Waals surface area contributed by atoms with Gasteiger partial charge in [-0.2, -0.15) is 0 Å². The van der Waals surface area contributed by atoms with E-state index >= 15 is 0 Å². The number of nitrogens with one attached hydrogen (secondary N) is 1. The van der Waals surface area contributed by atoms with Crippen LogP contribution in [0.15, 0.2) is 51.1 Å². The average Bonchev–Trinajstić information content (AvgIpc) is 2.73. The molecule has 1 aliphatic heterocycles.